The lowest BCUT2D eigenvalue weighted by molar-refractivity contribution is 0.564. The molecule has 0 aliphatic carbocycles. The van der Waals surface area contributed by atoms with E-state index in [1.807, 2.05) is 0 Å². The van der Waals surface area contributed by atoms with Crippen LogP contribution in [0.1, 0.15) is 0 Å². The van der Waals surface area contributed by atoms with E-state index in [1.165, 1.54) is 11.6 Å². The zero-order valence-electron chi connectivity index (χ0n) is 3.60. The minimum absolute atomic E-state index is 0.326. The second kappa shape index (κ2) is 5.41. The van der Waals surface area contributed by atoms with Gasteiger partial charge >= 0.3 is 0 Å². The van der Waals surface area contributed by atoms with Crippen molar-refractivity contribution in [2.24, 2.45) is 4.99 Å². The van der Waals surface area contributed by atoms with Crippen molar-refractivity contribution < 1.29 is 4.79 Å². The lowest BCUT2D eigenvalue weighted by Gasteiger charge is -1.67. The Kier molecular flexibility index (Phi) is 4.95. The smallest absolute Gasteiger partial charge is 0.211 e. The third-order valence-corrected chi connectivity index (χ3v) is 0.529. The van der Waals surface area contributed by atoms with Crippen LogP contribution in [0.3, 0.4) is 0 Å². The molecule has 0 aromatic rings. The first kappa shape index (κ1) is 6.41. The summed E-state index contributed by atoms with van der Waals surface area (Å²) < 4.78 is 0. The summed E-state index contributed by atoms with van der Waals surface area (Å²) >= 11 is 5.07. The van der Waals surface area contributed by atoms with Gasteiger partial charge in [-0.05, 0) is 0 Å². The Morgan fingerprint density at radius 1 is 1.86 bits per heavy atom. The number of halogens is 1. The minimum Gasteiger partial charge on any atom is -0.211 e. The molecule has 0 rings (SSSR count). The number of rotatable bonds is 2. The molecule has 0 atom stereocenters. The summed E-state index contributed by atoms with van der Waals surface area (Å²) in [6.07, 6.45) is 2.92. The van der Waals surface area contributed by atoms with Crippen LogP contribution in [-0.2, 0) is 4.79 Å². The van der Waals surface area contributed by atoms with Crippen LogP contribution in [0, 0.1) is 0 Å². The summed E-state index contributed by atoms with van der Waals surface area (Å²) in [4.78, 5) is 12.5. The molecule has 0 saturated carbocycles. The van der Waals surface area contributed by atoms with E-state index in [-0.39, 0.29) is 0 Å². The summed E-state index contributed by atoms with van der Waals surface area (Å²) in [6.45, 7) is 0.326. The zero-order valence-corrected chi connectivity index (χ0v) is 4.35. The largest absolute Gasteiger partial charge is 0.235 e. The highest BCUT2D eigenvalue weighted by molar-refractivity contribution is 6.25. The molecule has 0 bridgehead atoms. The number of hydrogen-bond acceptors (Lipinski definition) is 2. The van der Waals surface area contributed by atoms with Crippen LogP contribution in [0.5, 0.6) is 0 Å². The quantitative estimate of drug-likeness (QED) is 0.393. The second-order valence-electron chi connectivity index (χ2n) is 0.794. The van der Waals surface area contributed by atoms with Crippen LogP contribution in [0.4, 0.5) is 0 Å². The van der Waals surface area contributed by atoms with Gasteiger partial charge in [-0.3, -0.25) is 0 Å². The van der Waals surface area contributed by atoms with Crippen molar-refractivity contribution >= 4 is 17.7 Å². The van der Waals surface area contributed by atoms with Crippen molar-refractivity contribution in [1.82, 2.24) is 0 Å². The van der Waals surface area contributed by atoms with E-state index >= 15 is 0 Å². The first-order valence-electron chi connectivity index (χ1n) is 1.70. The fourth-order valence-electron chi connectivity index (χ4n) is 0.130. The number of hydrogen-bond donors (Lipinski definition) is 0. The molecule has 0 amide bonds. The molecule has 0 unspecified atom stereocenters. The molecule has 0 fully saturated rings. The molecule has 0 radical (unpaired) electrons. The van der Waals surface area contributed by atoms with Crippen LogP contribution >= 0.6 is 11.6 Å². The highest BCUT2D eigenvalue weighted by Gasteiger charge is 1.63. The number of nitrogens with zero attached hydrogens (tertiary/aromatic N) is 1. The van der Waals surface area contributed by atoms with Gasteiger partial charge in [-0.25, -0.2) is 9.79 Å². The summed E-state index contributed by atoms with van der Waals surface area (Å²) in [5.74, 6) is 0. The molecule has 0 aliphatic rings. The maximum atomic E-state index is 9.31. The monoisotopic (exact) mass is 117 g/mol. The molecule has 3 heteroatoms. The van der Waals surface area contributed by atoms with E-state index in [9.17, 15) is 4.79 Å². The fourth-order valence-corrected chi connectivity index (χ4v) is 0.209. The van der Waals surface area contributed by atoms with E-state index < -0.39 is 0 Å². The lowest BCUT2D eigenvalue weighted by Crippen LogP contribution is -1.64. The summed E-state index contributed by atoms with van der Waals surface area (Å²) in [6, 6.07) is 0. The standard InChI is InChI=1S/C4H4ClNO/c5-2-1-3-6-4-7/h1-2H,3H2. The van der Waals surface area contributed by atoms with Crippen LogP contribution in [0.2, 0.25) is 0 Å². The average molecular weight is 118 g/mol. The Morgan fingerprint density at radius 3 is 3.00 bits per heavy atom. The van der Waals surface area contributed by atoms with Gasteiger partial charge in [0.2, 0.25) is 6.08 Å². The Morgan fingerprint density at radius 2 is 2.57 bits per heavy atom. The fraction of sp³-hybridized carbons (Fsp3) is 0.250. The van der Waals surface area contributed by atoms with Crippen LogP contribution in [-0.4, -0.2) is 12.6 Å². The topological polar surface area (TPSA) is 29.4 Å². The first-order valence-corrected chi connectivity index (χ1v) is 2.14. The third kappa shape index (κ3) is 5.41. The maximum Gasteiger partial charge on any atom is 0.235 e. The normalized spacial score (nSPS) is 8.71. The average Bonchev–Trinajstić information content (AvgIpc) is 1.69. The van der Waals surface area contributed by atoms with E-state index in [2.05, 4.69) is 4.99 Å². The van der Waals surface area contributed by atoms with Crippen molar-refractivity contribution in [2.45, 2.75) is 0 Å². The van der Waals surface area contributed by atoms with Crippen LogP contribution in [0.15, 0.2) is 16.6 Å². The Balaban J connectivity index is 3.15. The van der Waals surface area contributed by atoms with E-state index in [1.54, 1.807) is 6.08 Å². The Bertz CT molecular complexity index is 104. The molecule has 0 N–H and O–H groups in total. The van der Waals surface area contributed by atoms with Gasteiger partial charge < -0.3 is 0 Å². The highest BCUT2D eigenvalue weighted by Crippen LogP contribution is 1.76. The Labute approximate surface area is 46.5 Å². The first-order chi connectivity index (χ1) is 3.41. The summed E-state index contributed by atoms with van der Waals surface area (Å²) in [7, 11) is 0. The number of aliphatic imine (C=N–C) groups is 1. The molecule has 0 aromatic heterocycles. The minimum atomic E-state index is 0.326. The number of carbonyl (C=O) groups excluding carboxylic acids is 1. The predicted octanol–water partition coefficient (Wildman–Crippen LogP) is 1.07. The molecular weight excluding hydrogens is 114 g/mol. The highest BCUT2D eigenvalue weighted by atomic mass is 35.5. The summed E-state index contributed by atoms with van der Waals surface area (Å²) in [5.41, 5.74) is 1.31. The van der Waals surface area contributed by atoms with Crippen molar-refractivity contribution in [3.63, 3.8) is 0 Å². The van der Waals surface area contributed by atoms with Crippen LogP contribution < -0.4 is 0 Å². The molecule has 0 saturated heterocycles. The summed E-state index contributed by atoms with van der Waals surface area (Å²) in [5, 5.41) is 0. The molecule has 2 nitrogen and oxygen atoms in total. The van der Waals surface area contributed by atoms with Crippen molar-refractivity contribution in [3.8, 4) is 0 Å². The molecule has 0 aromatic carbocycles. The van der Waals surface area contributed by atoms with Crippen LogP contribution in [0.25, 0.3) is 0 Å². The second-order valence-corrected chi connectivity index (χ2v) is 1.05. The van der Waals surface area contributed by atoms with Gasteiger partial charge in [-0.2, -0.15) is 0 Å². The van der Waals surface area contributed by atoms with Gasteiger partial charge in [0.05, 0.1) is 6.54 Å². The lowest BCUT2D eigenvalue weighted by atomic mass is 10.7. The molecule has 0 heterocycles. The van der Waals surface area contributed by atoms with Gasteiger partial charge in [0.25, 0.3) is 0 Å². The van der Waals surface area contributed by atoms with Crippen molar-refractivity contribution in [2.75, 3.05) is 6.54 Å². The van der Waals surface area contributed by atoms with Gasteiger partial charge in [0.15, 0.2) is 0 Å². The van der Waals surface area contributed by atoms with E-state index in [0.29, 0.717) is 6.54 Å². The Hall–Kier alpha value is -0.590. The molecule has 38 valence electrons. The number of isocyanates is 1. The van der Waals surface area contributed by atoms with Gasteiger partial charge in [-0.1, -0.05) is 17.7 Å². The van der Waals surface area contributed by atoms with E-state index in [4.69, 9.17) is 11.6 Å². The van der Waals surface area contributed by atoms with E-state index in [0.717, 1.165) is 0 Å². The predicted molar refractivity (Wildman–Crippen MR) is 28.0 cm³/mol. The van der Waals surface area contributed by atoms with Gasteiger partial charge in [0.1, 0.15) is 0 Å². The molecule has 7 heavy (non-hydrogen) atoms. The molecule has 0 spiro atoms. The van der Waals surface area contributed by atoms with Crippen molar-refractivity contribution in [1.29, 1.82) is 0 Å². The van der Waals surface area contributed by atoms with Crippen molar-refractivity contribution in [3.05, 3.63) is 11.6 Å². The molecule has 0 aliphatic heterocycles. The third-order valence-electron chi connectivity index (χ3n) is 0.350. The molecular formula is C4H4ClNO. The van der Waals surface area contributed by atoms with Gasteiger partial charge in [0, 0.05) is 5.54 Å². The van der Waals surface area contributed by atoms with Gasteiger partial charge in [-0.15, -0.1) is 0 Å². The maximum absolute atomic E-state index is 9.31. The zero-order chi connectivity index (χ0) is 5.54. The SMILES string of the molecule is O=C=NCC=CCl.